The summed E-state index contributed by atoms with van der Waals surface area (Å²) in [5.41, 5.74) is -0.732. The molecule has 0 amide bonds. The first-order valence-electron chi connectivity index (χ1n) is 6.74. The Kier molecular flexibility index (Phi) is 2.35. The monoisotopic (exact) mass is 258 g/mol. The van der Waals surface area contributed by atoms with E-state index in [9.17, 15) is 8.78 Å². The van der Waals surface area contributed by atoms with Crippen molar-refractivity contribution >= 4 is 7.12 Å². The molecule has 4 fully saturated rings. The van der Waals surface area contributed by atoms with Gasteiger partial charge in [0.2, 0.25) is 6.43 Å². The van der Waals surface area contributed by atoms with Crippen molar-refractivity contribution in [3.63, 3.8) is 0 Å². The predicted molar refractivity (Wildman–Crippen MR) is 65.7 cm³/mol. The van der Waals surface area contributed by atoms with Crippen LogP contribution in [0.15, 0.2) is 0 Å². The summed E-state index contributed by atoms with van der Waals surface area (Å²) < 4.78 is 37.0. The topological polar surface area (TPSA) is 18.5 Å². The lowest BCUT2D eigenvalue weighted by atomic mass is 9.23. The van der Waals surface area contributed by atoms with Crippen molar-refractivity contribution in [1.29, 1.82) is 0 Å². The van der Waals surface area contributed by atoms with E-state index in [0.717, 1.165) is 19.3 Å². The largest absolute Gasteiger partial charge is 0.464 e. The number of rotatable bonds is 3. The first kappa shape index (κ1) is 12.9. The molecule has 4 aliphatic rings. The van der Waals surface area contributed by atoms with Gasteiger partial charge < -0.3 is 9.31 Å². The molecule has 4 rings (SSSR count). The Hall–Kier alpha value is -0.155. The molecule has 3 saturated carbocycles. The van der Waals surface area contributed by atoms with Gasteiger partial charge in [0, 0.05) is 11.7 Å². The number of hydrogen-bond acceptors (Lipinski definition) is 2. The third-order valence-corrected chi connectivity index (χ3v) is 5.52. The molecule has 0 unspecified atom stereocenters. The van der Waals surface area contributed by atoms with Gasteiger partial charge in [-0.2, -0.15) is 0 Å². The molecule has 2 bridgehead atoms. The number of hydrogen-bond donors (Lipinski definition) is 0. The Morgan fingerprint density at radius 3 is 1.83 bits per heavy atom. The molecule has 5 heteroatoms. The second-order valence-electron chi connectivity index (χ2n) is 7.58. The summed E-state index contributed by atoms with van der Waals surface area (Å²) in [6.45, 7) is 8.14. The van der Waals surface area contributed by atoms with Crippen LogP contribution in [0.25, 0.3) is 0 Å². The van der Waals surface area contributed by atoms with E-state index in [1.165, 1.54) is 0 Å². The van der Waals surface area contributed by atoms with Gasteiger partial charge in [0.15, 0.2) is 0 Å². The highest BCUT2D eigenvalue weighted by molar-refractivity contribution is 6.51. The molecule has 2 nitrogen and oxygen atoms in total. The second-order valence-corrected chi connectivity index (χ2v) is 7.58. The molecule has 0 aromatic rings. The van der Waals surface area contributed by atoms with Crippen LogP contribution in [0.3, 0.4) is 0 Å². The van der Waals surface area contributed by atoms with Crippen molar-refractivity contribution in [1.82, 2.24) is 0 Å². The zero-order valence-electron chi connectivity index (χ0n) is 11.6. The van der Waals surface area contributed by atoms with Crippen molar-refractivity contribution in [2.75, 3.05) is 0 Å². The normalized spacial score (nSPS) is 43.8. The lowest BCUT2D eigenvalue weighted by molar-refractivity contribution is -0.139. The van der Waals surface area contributed by atoms with Crippen LogP contribution in [-0.2, 0) is 9.31 Å². The van der Waals surface area contributed by atoms with Crippen molar-refractivity contribution in [3.8, 4) is 0 Å². The lowest BCUT2D eigenvalue weighted by Gasteiger charge is -2.71. The van der Waals surface area contributed by atoms with Crippen molar-refractivity contribution in [2.24, 2.45) is 5.41 Å². The SMILES string of the molecule is CC1(C)OB(C23CC(CC(F)F)(C2)C3)OC1(C)C. The molecule has 0 radical (unpaired) electrons. The Labute approximate surface area is 108 Å². The van der Waals surface area contributed by atoms with Crippen LogP contribution < -0.4 is 0 Å². The van der Waals surface area contributed by atoms with Gasteiger partial charge in [0.1, 0.15) is 0 Å². The fourth-order valence-corrected chi connectivity index (χ4v) is 3.97. The summed E-state index contributed by atoms with van der Waals surface area (Å²) in [4.78, 5) is 0. The van der Waals surface area contributed by atoms with E-state index in [4.69, 9.17) is 9.31 Å². The Morgan fingerprint density at radius 2 is 1.44 bits per heavy atom. The highest BCUT2D eigenvalue weighted by atomic mass is 19.3. The molecule has 18 heavy (non-hydrogen) atoms. The average molecular weight is 258 g/mol. The van der Waals surface area contributed by atoms with Crippen molar-refractivity contribution < 1.29 is 18.1 Å². The van der Waals surface area contributed by atoms with E-state index in [2.05, 4.69) is 0 Å². The maximum Gasteiger partial charge on any atom is 0.464 e. The van der Waals surface area contributed by atoms with E-state index in [0.29, 0.717) is 0 Å². The highest BCUT2D eigenvalue weighted by Gasteiger charge is 2.76. The molecule has 3 aliphatic carbocycles. The molecule has 1 aliphatic heterocycles. The molecule has 0 atom stereocenters. The van der Waals surface area contributed by atoms with Crippen LogP contribution in [0.5, 0.6) is 0 Å². The van der Waals surface area contributed by atoms with Crippen molar-refractivity contribution in [3.05, 3.63) is 0 Å². The van der Waals surface area contributed by atoms with Crippen LogP contribution in [-0.4, -0.2) is 24.7 Å². The molecule has 0 spiro atoms. The van der Waals surface area contributed by atoms with Gasteiger partial charge in [-0.1, -0.05) is 0 Å². The fraction of sp³-hybridized carbons (Fsp3) is 1.00. The highest BCUT2D eigenvalue weighted by Crippen LogP contribution is 2.82. The number of halogens is 2. The zero-order chi connectivity index (χ0) is 13.4. The maximum absolute atomic E-state index is 12.5. The Morgan fingerprint density at radius 1 is 1.00 bits per heavy atom. The molecule has 1 saturated heterocycles. The van der Waals surface area contributed by atoms with E-state index in [1.807, 2.05) is 27.7 Å². The van der Waals surface area contributed by atoms with Gasteiger partial charge in [0.25, 0.3) is 0 Å². The maximum atomic E-state index is 12.5. The van der Waals surface area contributed by atoms with E-state index in [-0.39, 0.29) is 35.5 Å². The summed E-state index contributed by atoms with van der Waals surface area (Å²) in [6, 6.07) is 0. The molecule has 0 N–H and O–H groups in total. The van der Waals surface area contributed by atoms with Gasteiger partial charge in [-0.3, -0.25) is 0 Å². The summed E-state index contributed by atoms with van der Waals surface area (Å²) in [5, 5.41) is 0.0277. The Balaban J connectivity index is 1.65. The first-order chi connectivity index (χ1) is 8.10. The quantitative estimate of drug-likeness (QED) is 0.719. The van der Waals surface area contributed by atoms with Gasteiger partial charge in [-0.05, 0) is 52.4 Å². The van der Waals surface area contributed by atoms with Crippen LogP contribution in [0.1, 0.15) is 53.4 Å². The molecule has 1 heterocycles. The van der Waals surface area contributed by atoms with Crippen LogP contribution in [0, 0.1) is 5.41 Å². The molecular formula is C13H21BF2O2. The minimum atomic E-state index is -2.18. The van der Waals surface area contributed by atoms with E-state index in [1.54, 1.807) is 0 Å². The Bertz CT molecular complexity index is 345. The van der Waals surface area contributed by atoms with Crippen LogP contribution in [0.4, 0.5) is 8.78 Å². The zero-order valence-corrected chi connectivity index (χ0v) is 11.6. The lowest BCUT2D eigenvalue weighted by Crippen LogP contribution is -2.64. The smallest absolute Gasteiger partial charge is 0.403 e. The molecule has 0 aromatic carbocycles. The van der Waals surface area contributed by atoms with Gasteiger partial charge in [0.05, 0.1) is 11.2 Å². The summed E-state index contributed by atoms with van der Waals surface area (Å²) >= 11 is 0. The standard InChI is InChI=1S/C13H21BF2O2/c1-10(2)11(3,4)18-14(17-10)13-6-12(7-13,8-13)5-9(15)16/h9H,5-8H2,1-4H3. The molecular weight excluding hydrogens is 237 g/mol. The van der Waals surface area contributed by atoms with Crippen LogP contribution in [0.2, 0.25) is 5.31 Å². The summed E-state index contributed by atoms with van der Waals surface area (Å²) in [7, 11) is -0.206. The van der Waals surface area contributed by atoms with E-state index < -0.39 is 6.43 Å². The van der Waals surface area contributed by atoms with E-state index >= 15 is 0 Å². The fourth-order valence-electron chi connectivity index (χ4n) is 3.97. The third kappa shape index (κ3) is 1.53. The van der Waals surface area contributed by atoms with Gasteiger partial charge >= 0.3 is 7.12 Å². The summed E-state index contributed by atoms with van der Waals surface area (Å²) in [5.74, 6) is 0. The predicted octanol–water partition coefficient (Wildman–Crippen LogP) is 3.66. The van der Waals surface area contributed by atoms with Gasteiger partial charge in [-0.25, -0.2) is 8.78 Å². The average Bonchev–Trinajstić information content (AvgIpc) is 2.25. The minimum absolute atomic E-state index is 0.0277. The van der Waals surface area contributed by atoms with Gasteiger partial charge in [-0.15, -0.1) is 0 Å². The number of alkyl halides is 2. The molecule has 0 aromatic heterocycles. The first-order valence-corrected chi connectivity index (χ1v) is 6.74. The summed E-state index contributed by atoms with van der Waals surface area (Å²) in [6.07, 6.45) is 0.416. The van der Waals surface area contributed by atoms with Crippen LogP contribution >= 0.6 is 0 Å². The third-order valence-electron chi connectivity index (χ3n) is 5.52. The second kappa shape index (κ2) is 3.29. The molecule has 102 valence electrons. The van der Waals surface area contributed by atoms with Crippen molar-refractivity contribution in [2.45, 2.75) is 76.3 Å². The minimum Gasteiger partial charge on any atom is -0.403 e.